The molecule has 0 spiro atoms. The summed E-state index contributed by atoms with van der Waals surface area (Å²) < 4.78 is 1.58. The van der Waals surface area contributed by atoms with E-state index in [0.717, 1.165) is 13.0 Å². The molecule has 2 N–H and O–H groups in total. The summed E-state index contributed by atoms with van der Waals surface area (Å²) in [5.74, 6) is 0. The van der Waals surface area contributed by atoms with Crippen LogP contribution in [0.25, 0.3) is 0 Å². The Kier molecular flexibility index (Phi) is 7.30. The van der Waals surface area contributed by atoms with E-state index in [4.69, 9.17) is 0 Å². The quantitative estimate of drug-likeness (QED) is 0.676. The Morgan fingerprint density at radius 3 is 2.70 bits per heavy atom. The third kappa shape index (κ3) is 5.33. The highest BCUT2D eigenvalue weighted by Crippen LogP contribution is 2.02. The number of aromatic nitrogens is 2. The maximum atomic E-state index is 11.7. The zero-order chi connectivity index (χ0) is 15.0. The average Bonchev–Trinajstić information content (AvgIpc) is 2.41. The van der Waals surface area contributed by atoms with Gasteiger partial charge in [-0.3, -0.25) is 14.3 Å². The fourth-order valence-corrected chi connectivity index (χ4v) is 2.21. The van der Waals surface area contributed by atoms with Gasteiger partial charge in [0.25, 0.3) is 5.56 Å². The summed E-state index contributed by atoms with van der Waals surface area (Å²) >= 11 is 0. The number of hydrogen-bond donors (Lipinski definition) is 2. The minimum absolute atomic E-state index is 0.269. The van der Waals surface area contributed by atoms with Gasteiger partial charge in [0, 0.05) is 30.9 Å². The SMILES string of the molecule is CCCCCC(C)NCCn1cc(CC)c(=O)[nH]c1=O. The van der Waals surface area contributed by atoms with Crippen molar-refractivity contribution in [2.75, 3.05) is 6.54 Å². The second kappa shape index (κ2) is 8.74. The molecule has 5 heteroatoms. The Balaban J connectivity index is 2.46. The molecule has 0 fully saturated rings. The number of H-pyrrole nitrogens is 1. The first-order valence-corrected chi connectivity index (χ1v) is 7.64. The second-order valence-electron chi connectivity index (χ2n) is 5.31. The highest BCUT2D eigenvalue weighted by atomic mass is 16.2. The topological polar surface area (TPSA) is 66.9 Å². The molecule has 0 aliphatic carbocycles. The molecule has 0 radical (unpaired) electrons. The Morgan fingerprint density at radius 2 is 2.05 bits per heavy atom. The van der Waals surface area contributed by atoms with Crippen LogP contribution in [0, 0.1) is 0 Å². The zero-order valence-electron chi connectivity index (χ0n) is 12.9. The lowest BCUT2D eigenvalue weighted by atomic mass is 10.1. The van der Waals surface area contributed by atoms with Crippen molar-refractivity contribution in [1.29, 1.82) is 0 Å². The highest BCUT2D eigenvalue weighted by molar-refractivity contribution is 5.03. The zero-order valence-corrected chi connectivity index (χ0v) is 12.9. The molecule has 0 saturated heterocycles. The Hall–Kier alpha value is -1.36. The van der Waals surface area contributed by atoms with Gasteiger partial charge in [0.15, 0.2) is 0 Å². The van der Waals surface area contributed by atoms with Crippen LogP contribution >= 0.6 is 0 Å². The minimum Gasteiger partial charge on any atom is -0.312 e. The Labute approximate surface area is 120 Å². The van der Waals surface area contributed by atoms with E-state index in [1.807, 2.05) is 6.92 Å². The van der Waals surface area contributed by atoms with E-state index in [2.05, 4.69) is 24.1 Å². The van der Waals surface area contributed by atoms with E-state index in [0.29, 0.717) is 24.6 Å². The normalized spacial score (nSPS) is 12.6. The van der Waals surface area contributed by atoms with Gasteiger partial charge in [-0.1, -0.05) is 33.1 Å². The largest absolute Gasteiger partial charge is 0.328 e. The number of unbranched alkanes of at least 4 members (excludes halogenated alkanes) is 2. The molecular formula is C15H27N3O2. The first-order valence-electron chi connectivity index (χ1n) is 7.64. The molecule has 1 aromatic heterocycles. The number of aryl methyl sites for hydroxylation is 1. The van der Waals surface area contributed by atoms with Crippen molar-refractivity contribution < 1.29 is 0 Å². The molecule has 0 aromatic carbocycles. The van der Waals surface area contributed by atoms with Crippen LogP contribution in [-0.4, -0.2) is 22.1 Å². The fraction of sp³-hybridized carbons (Fsp3) is 0.733. The Morgan fingerprint density at radius 1 is 1.30 bits per heavy atom. The molecule has 0 aliphatic rings. The highest BCUT2D eigenvalue weighted by Gasteiger charge is 2.04. The lowest BCUT2D eigenvalue weighted by Gasteiger charge is -2.14. The van der Waals surface area contributed by atoms with Gasteiger partial charge in [-0.15, -0.1) is 0 Å². The molecule has 0 amide bonds. The average molecular weight is 281 g/mol. The van der Waals surface area contributed by atoms with Crippen LogP contribution in [0.3, 0.4) is 0 Å². The van der Waals surface area contributed by atoms with Crippen LogP contribution in [0.2, 0.25) is 0 Å². The molecule has 5 nitrogen and oxygen atoms in total. The minimum atomic E-state index is -0.326. The monoisotopic (exact) mass is 281 g/mol. The molecule has 114 valence electrons. The predicted molar refractivity (Wildman–Crippen MR) is 82.3 cm³/mol. The van der Waals surface area contributed by atoms with Crippen LogP contribution in [0.5, 0.6) is 0 Å². The van der Waals surface area contributed by atoms with Crippen molar-refractivity contribution in [1.82, 2.24) is 14.9 Å². The first kappa shape index (κ1) is 16.7. The molecule has 0 saturated carbocycles. The van der Waals surface area contributed by atoms with Gasteiger partial charge in [-0.2, -0.15) is 0 Å². The van der Waals surface area contributed by atoms with Crippen molar-refractivity contribution in [3.63, 3.8) is 0 Å². The summed E-state index contributed by atoms with van der Waals surface area (Å²) in [5, 5.41) is 3.42. The molecular weight excluding hydrogens is 254 g/mol. The predicted octanol–water partition coefficient (Wildman–Crippen LogP) is 1.66. The summed E-state index contributed by atoms with van der Waals surface area (Å²) in [5.41, 5.74) is 0.0582. The number of rotatable bonds is 9. The van der Waals surface area contributed by atoms with Gasteiger partial charge in [0.1, 0.15) is 0 Å². The number of nitrogens with zero attached hydrogens (tertiary/aromatic N) is 1. The van der Waals surface area contributed by atoms with Gasteiger partial charge >= 0.3 is 5.69 Å². The summed E-state index contributed by atoms with van der Waals surface area (Å²) in [7, 11) is 0. The second-order valence-corrected chi connectivity index (χ2v) is 5.31. The van der Waals surface area contributed by atoms with Gasteiger partial charge < -0.3 is 5.32 Å². The van der Waals surface area contributed by atoms with Crippen molar-refractivity contribution >= 4 is 0 Å². The van der Waals surface area contributed by atoms with Gasteiger partial charge in [-0.05, 0) is 19.8 Å². The van der Waals surface area contributed by atoms with E-state index >= 15 is 0 Å². The lowest BCUT2D eigenvalue weighted by molar-refractivity contribution is 0.465. The number of aromatic amines is 1. The standard InChI is InChI=1S/C15H27N3O2/c1-4-6-7-8-12(3)16-9-10-18-11-13(5-2)14(19)17-15(18)20/h11-12,16H,4-10H2,1-3H3,(H,17,19,20). The number of hydrogen-bond acceptors (Lipinski definition) is 3. The first-order chi connectivity index (χ1) is 9.58. The molecule has 20 heavy (non-hydrogen) atoms. The lowest BCUT2D eigenvalue weighted by Crippen LogP contribution is -2.36. The smallest absolute Gasteiger partial charge is 0.312 e. The maximum absolute atomic E-state index is 11.7. The third-order valence-corrected chi connectivity index (χ3v) is 3.55. The van der Waals surface area contributed by atoms with Gasteiger partial charge in [-0.25, -0.2) is 4.79 Å². The van der Waals surface area contributed by atoms with Crippen molar-refractivity contribution in [2.24, 2.45) is 0 Å². The number of nitrogens with one attached hydrogen (secondary N) is 2. The summed E-state index contributed by atoms with van der Waals surface area (Å²) in [6, 6.07) is 0.464. The van der Waals surface area contributed by atoms with Gasteiger partial charge in [0.05, 0.1) is 0 Å². The summed E-state index contributed by atoms with van der Waals surface area (Å²) in [6.45, 7) is 7.60. The third-order valence-electron chi connectivity index (χ3n) is 3.55. The van der Waals surface area contributed by atoms with Crippen molar-refractivity contribution in [3.05, 3.63) is 32.6 Å². The van der Waals surface area contributed by atoms with E-state index in [1.165, 1.54) is 19.3 Å². The summed E-state index contributed by atoms with van der Waals surface area (Å²) in [6.07, 6.45) is 7.21. The molecule has 0 aliphatic heterocycles. The molecule has 1 aromatic rings. The van der Waals surface area contributed by atoms with Crippen molar-refractivity contribution in [2.45, 2.75) is 65.5 Å². The van der Waals surface area contributed by atoms with Crippen LogP contribution in [-0.2, 0) is 13.0 Å². The van der Waals surface area contributed by atoms with E-state index in [1.54, 1.807) is 10.8 Å². The van der Waals surface area contributed by atoms with Crippen LogP contribution in [0.4, 0.5) is 0 Å². The Bertz CT molecular complexity index is 505. The molecule has 1 heterocycles. The van der Waals surface area contributed by atoms with E-state index in [-0.39, 0.29) is 11.2 Å². The van der Waals surface area contributed by atoms with Crippen LogP contribution in [0.1, 0.15) is 52.0 Å². The van der Waals surface area contributed by atoms with E-state index < -0.39 is 0 Å². The van der Waals surface area contributed by atoms with Crippen molar-refractivity contribution in [3.8, 4) is 0 Å². The molecule has 1 rings (SSSR count). The molecule has 1 unspecified atom stereocenters. The molecule has 0 bridgehead atoms. The van der Waals surface area contributed by atoms with Crippen LogP contribution < -0.4 is 16.6 Å². The van der Waals surface area contributed by atoms with Gasteiger partial charge in [0.2, 0.25) is 0 Å². The molecule has 1 atom stereocenters. The van der Waals surface area contributed by atoms with Crippen LogP contribution in [0.15, 0.2) is 15.8 Å². The summed E-state index contributed by atoms with van der Waals surface area (Å²) in [4.78, 5) is 25.5. The fourth-order valence-electron chi connectivity index (χ4n) is 2.21. The van der Waals surface area contributed by atoms with E-state index in [9.17, 15) is 9.59 Å². The maximum Gasteiger partial charge on any atom is 0.328 e.